The van der Waals surface area contributed by atoms with Gasteiger partial charge in [-0.25, -0.2) is 0 Å². The van der Waals surface area contributed by atoms with Gasteiger partial charge >= 0.3 is 0 Å². The highest BCUT2D eigenvalue weighted by Gasteiger charge is 2.28. The average molecular weight is 261 g/mol. The van der Waals surface area contributed by atoms with Crippen molar-refractivity contribution in [2.45, 2.75) is 31.7 Å². The second-order valence-electron chi connectivity index (χ2n) is 5.49. The summed E-state index contributed by atoms with van der Waals surface area (Å²) in [5, 5.41) is 2.97. The van der Waals surface area contributed by atoms with Crippen LogP contribution in [0.5, 0.6) is 0 Å². The second kappa shape index (κ2) is 6.06. The van der Waals surface area contributed by atoms with E-state index in [2.05, 4.69) is 5.32 Å². The van der Waals surface area contributed by atoms with E-state index in [1.807, 2.05) is 43.3 Å². The minimum Gasteiger partial charge on any atom is -0.378 e. The Bertz CT molecular complexity index is 428. The van der Waals surface area contributed by atoms with Crippen molar-refractivity contribution in [1.29, 1.82) is 0 Å². The minimum atomic E-state index is -0.0396. The highest BCUT2D eigenvalue weighted by Crippen LogP contribution is 2.24. The van der Waals surface area contributed by atoms with Gasteiger partial charge in [0.25, 0.3) is 0 Å². The molecule has 1 aliphatic rings. The molecule has 1 amide bonds. The van der Waals surface area contributed by atoms with Gasteiger partial charge in [-0.2, -0.15) is 0 Å². The summed E-state index contributed by atoms with van der Waals surface area (Å²) in [5.41, 5.74) is 7.99. The number of benzene rings is 1. The van der Waals surface area contributed by atoms with Crippen LogP contribution in [0.4, 0.5) is 11.4 Å². The fraction of sp³-hybridized carbons (Fsp3) is 0.533. The smallest absolute Gasteiger partial charge is 0.229 e. The van der Waals surface area contributed by atoms with E-state index in [4.69, 9.17) is 5.73 Å². The van der Waals surface area contributed by atoms with Crippen LogP contribution in [-0.2, 0) is 4.79 Å². The van der Waals surface area contributed by atoms with Crippen LogP contribution in [0.15, 0.2) is 24.3 Å². The Hall–Kier alpha value is -1.55. The maximum absolute atomic E-state index is 12.2. The largest absolute Gasteiger partial charge is 0.378 e. The van der Waals surface area contributed by atoms with Gasteiger partial charge in [0.05, 0.1) is 5.92 Å². The molecule has 0 spiro atoms. The Morgan fingerprint density at radius 1 is 1.21 bits per heavy atom. The van der Waals surface area contributed by atoms with E-state index in [0.29, 0.717) is 0 Å². The molecule has 1 fully saturated rings. The summed E-state index contributed by atoms with van der Waals surface area (Å²) in [6, 6.07) is 7.87. The molecule has 2 rings (SSSR count). The summed E-state index contributed by atoms with van der Waals surface area (Å²) < 4.78 is 0. The van der Waals surface area contributed by atoms with Crippen molar-refractivity contribution in [2.75, 3.05) is 24.3 Å². The predicted molar refractivity (Wildman–Crippen MR) is 79.3 cm³/mol. The van der Waals surface area contributed by atoms with Crippen molar-refractivity contribution in [1.82, 2.24) is 0 Å². The fourth-order valence-corrected chi connectivity index (χ4v) is 2.56. The Balaban J connectivity index is 1.98. The molecule has 4 heteroatoms. The van der Waals surface area contributed by atoms with E-state index in [-0.39, 0.29) is 17.9 Å². The van der Waals surface area contributed by atoms with Crippen LogP contribution in [0.25, 0.3) is 0 Å². The van der Waals surface area contributed by atoms with Crippen LogP contribution < -0.4 is 16.0 Å². The van der Waals surface area contributed by atoms with Crippen molar-refractivity contribution in [3.8, 4) is 0 Å². The first-order chi connectivity index (χ1) is 9.08. The third kappa shape index (κ3) is 3.47. The fourth-order valence-electron chi connectivity index (χ4n) is 2.56. The van der Waals surface area contributed by atoms with Crippen LogP contribution in [-0.4, -0.2) is 26.0 Å². The lowest BCUT2D eigenvalue weighted by Crippen LogP contribution is -2.40. The van der Waals surface area contributed by atoms with Gasteiger partial charge in [-0.05, 0) is 37.1 Å². The number of rotatable bonds is 3. The SMILES string of the molecule is CN(C)c1ccc(NC(=O)C2CCCCC2N)cc1. The Labute approximate surface area is 115 Å². The predicted octanol–water partition coefficient (Wildman–Crippen LogP) is 2.21. The van der Waals surface area contributed by atoms with Crippen LogP contribution in [0.2, 0.25) is 0 Å². The first-order valence-corrected chi connectivity index (χ1v) is 6.92. The summed E-state index contributed by atoms with van der Waals surface area (Å²) in [6.45, 7) is 0. The zero-order valence-corrected chi connectivity index (χ0v) is 11.7. The summed E-state index contributed by atoms with van der Waals surface area (Å²) in [5.74, 6) is 0.0204. The molecule has 104 valence electrons. The first-order valence-electron chi connectivity index (χ1n) is 6.92. The molecular weight excluding hydrogens is 238 g/mol. The highest BCUT2D eigenvalue weighted by atomic mass is 16.1. The number of amides is 1. The lowest BCUT2D eigenvalue weighted by atomic mass is 9.84. The molecule has 4 nitrogen and oxygen atoms in total. The molecule has 2 unspecified atom stereocenters. The molecule has 0 heterocycles. The molecule has 0 aliphatic heterocycles. The monoisotopic (exact) mass is 261 g/mol. The van der Waals surface area contributed by atoms with Crippen molar-refractivity contribution < 1.29 is 4.79 Å². The number of hydrogen-bond donors (Lipinski definition) is 2. The van der Waals surface area contributed by atoms with E-state index < -0.39 is 0 Å². The number of hydrogen-bond acceptors (Lipinski definition) is 3. The number of nitrogens with two attached hydrogens (primary N) is 1. The lowest BCUT2D eigenvalue weighted by Gasteiger charge is -2.27. The van der Waals surface area contributed by atoms with Crippen molar-refractivity contribution in [2.24, 2.45) is 11.7 Å². The van der Waals surface area contributed by atoms with Crippen molar-refractivity contribution in [3.05, 3.63) is 24.3 Å². The minimum absolute atomic E-state index is 0.00907. The molecule has 19 heavy (non-hydrogen) atoms. The highest BCUT2D eigenvalue weighted by molar-refractivity contribution is 5.93. The second-order valence-corrected chi connectivity index (χ2v) is 5.49. The van der Waals surface area contributed by atoms with Crippen LogP contribution in [0.3, 0.4) is 0 Å². The third-order valence-electron chi connectivity index (χ3n) is 3.81. The van der Waals surface area contributed by atoms with E-state index >= 15 is 0 Å². The van der Waals surface area contributed by atoms with Gasteiger partial charge in [0.1, 0.15) is 0 Å². The normalized spacial score (nSPS) is 22.9. The summed E-state index contributed by atoms with van der Waals surface area (Å²) in [4.78, 5) is 14.2. The molecule has 1 aliphatic carbocycles. The molecule has 0 bridgehead atoms. The number of nitrogens with one attached hydrogen (secondary N) is 1. The van der Waals surface area contributed by atoms with E-state index in [1.54, 1.807) is 0 Å². The number of anilines is 2. The molecule has 0 aromatic heterocycles. The number of carbonyl (C=O) groups excluding carboxylic acids is 1. The average Bonchev–Trinajstić information content (AvgIpc) is 2.39. The molecule has 3 N–H and O–H groups in total. The van der Waals surface area contributed by atoms with Gasteiger partial charge in [0.15, 0.2) is 0 Å². The molecule has 1 aromatic rings. The van der Waals surface area contributed by atoms with Crippen molar-refractivity contribution in [3.63, 3.8) is 0 Å². The van der Waals surface area contributed by atoms with Gasteiger partial charge < -0.3 is 16.0 Å². The Morgan fingerprint density at radius 3 is 2.42 bits per heavy atom. The molecule has 1 aromatic carbocycles. The zero-order chi connectivity index (χ0) is 13.8. The quantitative estimate of drug-likeness (QED) is 0.877. The van der Waals surface area contributed by atoms with E-state index in [1.165, 1.54) is 0 Å². The first kappa shape index (κ1) is 13.9. The molecule has 2 atom stereocenters. The summed E-state index contributed by atoms with van der Waals surface area (Å²) >= 11 is 0. The van der Waals surface area contributed by atoms with E-state index in [0.717, 1.165) is 37.1 Å². The van der Waals surface area contributed by atoms with Crippen LogP contribution >= 0.6 is 0 Å². The number of nitrogens with zero attached hydrogens (tertiary/aromatic N) is 1. The summed E-state index contributed by atoms with van der Waals surface area (Å²) in [7, 11) is 3.99. The van der Waals surface area contributed by atoms with Gasteiger partial charge in [-0.3, -0.25) is 4.79 Å². The topological polar surface area (TPSA) is 58.4 Å². The zero-order valence-electron chi connectivity index (χ0n) is 11.7. The maximum atomic E-state index is 12.2. The lowest BCUT2D eigenvalue weighted by molar-refractivity contribution is -0.121. The standard InChI is InChI=1S/C15H23N3O/c1-18(2)12-9-7-11(8-10-12)17-15(19)13-5-3-4-6-14(13)16/h7-10,13-14H,3-6,16H2,1-2H3,(H,17,19). The van der Waals surface area contributed by atoms with Crippen LogP contribution in [0.1, 0.15) is 25.7 Å². The third-order valence-corrected chi connectivity index (χ3v) is 3.81. The van der Waals surface area contributed by atoms with Gasteiger partial charge in [0.2, 0.25) is 5.91 Å². The molecular formula is C15H23N3O. The van der Waals surface area contributed by atoms with Gasteiger partial charge in [-0.1, -0.05) is 12.8 Å². The molecule has 0 saturated heterocycles. The van der Waals surface area contributed by atoms with Gasteiger partial charge in [0, 0.05) is 31.5 Å². The van der Waals surface area contributed by atoms with E-state index in [9.17, 15) is 4.79 Å². The Morgan fingerprint density at radius 2 is 1.84 bits per heavy atom. The Kier molecular flexibility index (Phi) is 4.43. The molecule has 0 radical (unpaired) electrons. The van der Waals surface area contributed by atoms with Gasteiger partial charge in [-0.15, -0.1) is 0 Å². The van der Waals surface area contributed by atoms with Crippen LogP contribution in [0, 0.1) is 5.92 Å². The number of carbonyl (C=O) groups is 1. The maximum Gasteiger partial charge on any atom is 0.229 e. The van der Waals surface area contributed by atoms with Crippen molar-refractivity contribution >= 4 is 17.3 Å². The molecule has 1 saturated carbocycles. The summed E-state index contributed by atoms with van der Waals surface area (Å²) in [6.07, 6.45) is 4.11.